The summed E-state index contributed by atoms with van der Waals surface area (Å²) in [7, 11) is 0. The molecular weight excluding hydrogens is 282 g/mol. The number of aromatic nitrogens is 3. The Labute approximate surface area is 126 Å². The predicted octanol–water partition coefficient (Wildman–Crippen LogP) is 2.17. The molecule has 1 N–H and O–H groups in total. The van der Waals surface area contributed by atoms with Gasteiger partial charge in [-0.15, -0.1) is 0 Å². The average Bonchev–Trinajstić information content (AvgIpc) is 2.92. The van der Waals surface area contributed by atoms with Crippen molar-refractivity contribution in [2.24, 2.45) is 0 Å². The summed E-state index contributed by atoms with van der Waals surface area (Å²) in [6, 6.07) is 9.32. The van der Waals surface area contributed by atoms with E-state index in [9.17, 15) is 9.59 Å². The molecule has 22 heavy (non-hydrogen) atoms. The predicted molar refractivity (Wildman–Crippen MR) is 81.9 cm³/mol. The molecule has 0 bridgehead atoms. The van der Waals surface area contributed by atoms with E-state index in [4.69, 9.17) is 4.74 Å². The van der Waals surface area contributed by atoms with Crippen molar-refractivity contribution in [3.63, 3.8) is 0 Å². The van der Waals surface area contributed by atoms with Crippen molar-refractivity contribution in [2.75, 3.05) is 6.61 Å². The van der Waals surface area contributed by atoms with Crippen LogP contribution in [-0.2, 0) is 4.74 Å². The Kier molecular flexibility index (Phi) is 3.50. The highest BCUT2D eigenvalue weighted by atomic mass is 16.5. The summed E-state index contributed by atoms with van der Waals surface area (Å²) < 4.78 is 6.24. The number of nitrogens with one attached hydrogen (secondary N) is 1. The number of rotatable bonds is 3. The highest BCUT2D eigenvalue weighted by molar-refractivity contribution is 5.95. The largest absolute Gasteiger partial charge is 0.462 e. The Balaban J connectivity index is 2.24. The molecule has 0 atom stereocenters. The van der Waals surface area contributed by atoms with E-state index < -0.39 is 5.97 Å². The molecule has 0 saturated carbocycles. The second-order valence-electron chi connectivity index (χ2n) is 4.81. The molecular formula is C16H15N3O3. The maximum Gasteiger partial charge on any atom is 0.343 e. The monoisotopic (exact) mass is 297 g/mol. The van der Waals surface area contributed by atoms with Gasteiger partial charge in [0, 0.05) is 6.20 Å². The molecule has 6 heteroatoms. The van der Waals surface area contributed by atoms with Crippen LogP contribution in [0.1, 0.15) is 23.0 Å². The molecule has 3 rings (SSSR count). The van der Waals surface area contributed by atoms with Crippen molar-refractivity contribution in [3.8, 4) is 11.1 Å². The Bertz CT molecular complexity index is 894. The van der Waals surface area contributed by atoms with Gasteiger partial charge in [0.25, 0.3) is 5.56 Å². The Hall–Kier alpha value is -2.89. The Morgan fingerprint density at radius 3 is 2.73 bits per heavy atom. The van der Waals surface area contributed by atoms with Gasteiger partial charge in [0.1, 0.15) is 5.56 Å². The molecule has 2 heterocycles. The summed E-state index contributed by atoms with van der Waals surface area (Å²) in [6.07, 6.45) is 1.44. The third-order valence-corrected chi connectivity index (χ3v) is 3.40. The van der Waals surface area contributed by atoms with Crippen LogP contribution in [0.3, 0.4) is 0 Å². The highest BCUT2D eigenvalue weighted by Gasteiger charge is 2.19. The number of aromatic amines is 1. The number of nitrogens with zero attached hydrogens (tertiary/aromatic N) is 2. The minimum Gasteiger partial charge on any atom is -0.462 e. The topological polar surface area (TPSA) is 76.5 Å². The molecule has 112 valence electrons. The normalized spacial score (nSPS) is 10.8. The smallest absolute Gasteiger partial charge is 0.343 e. The van der Waals surface area contributed by atoms with Crippen LogP contribution in [-0.4, -0.2) is 27.2 Å². The van der Waals surface area contributed by atoms with Crippen LogP contribution in [0.4, 0.5) is 0 Å². The van der Waals surface area contributed by atoms with Crippen molar-refractivity contribution >= 4 is 11.6 Å². The molecule has 0 aliphatic carbocycles. The van der Waals surface area contributed by atoms with Crippen molar-refractivity contribution in [1.82, 2.24) is 14.6 Å². The summed E-state index contributed by atoms with van der Waals surface area (Å²) in [6.45, 7) is 3.75. The fraction of sp³-hybridized carbons (Fsp3) is 0.188. The number of hydrogen-bond donors (Lipinski definition) is 1. The zero-order chi connectivity index (χ0) is 15.7. The first kappa shape index (κ1) is 14.1. The lowest BCUT2D eigenvalue weighted by atomic mass is 10.1. The van der Waals surface area contributed by atoms with Gasteiger partial charge < -0.3 is 4.74 Å². The average molecular weight is 297 g/mol. The second kappa shape index (κ2) is 5.48. The Morgan fingerprint density at radius 2 is 2.05 bits per heavy atom. The lowest BCUT2D eigenvalue weighted by molar-refractivity contribution is 0.0528. The molecule has 6 nitrogen and oxygen atoms in total. The van der Waals surface area contributed by atoms with Crippen LogP contribution in [0.25, 0.3) is 16.8 Å². The van der Waals surface area contributed by atoms with Gasteiger partial charge in [-0.05, 0) is 19.4 Å². The van der Waals surface area contributed by atoms with E-state index in [-0.39, 0.29) is 23.4 Å². The number of esters is 1. The van der Waals surface area contributed by atoms with Gasteiger partial charge in [0.15, 0.2) is 5.65 Å². The summed E-state index contributed by atoms with van der Waals surface area (Å²) in [5.74, 6) is -0.500. The molecule has 0 spiro atoms. The van der Waals surface area contributed by atoms with Crippen LogP contribution in [0.5, 0.6) is 0 Å². The molecule has 0 unspecified atom stereocenters. The van der Waals surface area contributed by atoms with E-state index in [1.807, 2.05) is 30.3 Å². The van der Waals surface area contributed by atoms with Gasteiger partial charge in [0.05, 0.1) is 17.9 Å². The standard InChI is InChI=1S/C16H15N3O3/c1-3-22-16(21)12-9-17-19-14(12)18-10(2)13(15(19)20)11-7-5-4-6-8-11/h4-9,17H,3H2,1-2H3. The summed E-state index contributed by atoms with van der Waals surface area (Å²) >= 11 is 0. The fourth-order valence-corrected chi connectivity index (χ4v) is 2.42. The summed E-state index contributed by atoms with van der Waals surface area (Å²) in [4.78, 5) is 29.0. The number of carbonyl (C=O) groups excluding carboxylic acids is 1. The van der Waals surface area contributed by atoms with Crippen LogP contribution in [0.15, 0.2) is 41.3 Å². The van der Waals surface area contributed by atoms with Crippen molar-refractivity contribution in [3.05, 3.63) is 58.1 Å². The fourth-order valence-electron chi connectivity index (χ4n) is 2.42. The van der Waals surface area contributed by atoms with E-state index in [2.05, 4.69) is 10.1 Å². The number of ether oxygens (including phenoxy) is 1. The van der Waals surface area contributed by atoms with Gasteiger partial charge in [-0.2, -0.15) is 0 Å². The molecule has 0 fully saturated rings. The van der Waals surface area contributed by atoms with Gasteiger partial charge >= 0.3 is 5.97 Å². The molecule has 3 aromatic rings. The first-order valence-electron chi connectivity index (χ1n) is 6.96. The lowest BCUT2D eigenvalue weighted by Gasteiger charge is -2.06. The molecule has 0 aliphatic rings. The maximum atomic E-state index is 12.7. The van der Waals surface area contributed by atoms with Gasteiger partial charge in [-0.3, -0.25) is 9.89 Å². The summed E-state index contributed by atoms with van der Waals surface area (Å²) in [5, 5.41) is 2.77. The number of fused-ring (bicyclic) bond motifs is 1. The number of aryl methyl sites for hydroxylation is 1. The third-order valence-electron chi connectivity index (χ3n) is 3.40. The number of hydrogen-bond acceptors (Lipinski definition) is 4. The molecule has 0 amide bonds. The highest BCUT2D eigenvalue weighted by Crippen LogP contribution is 2.19. The molecule has 1 aromatic carbocycles. The third kappa shape index (κ3) is 2.18. The lowest BCUT2D eigenvalue weighted by Crippen LogP contribution is -2.19. The molecule has 0 aliphatic heterocycles. The first-order valence-corrected chi connectivity index (χ1v) is 6.96. The minimum atomic E-state index is -0.500. The van der Waals surface area contributed by atoms with Crippen molar-refractivity contribution in [1.29, 1.82) is 0 Å². The SMILES string of the molecule is CCOC(=O)c1c[nH]n2c(=O)c(-c3ccccc3)c(C)nc12. The Morgan fingerprint density at radius 1 is 1.32 bits per heavy atom. The van der Waals surface area contributed by atoms with Crippen LogP contribution in [0.2, 0.25) is 0 Å². The van der Waals surface area contributed by atoms with E-state index in [0.717, 1.165) is 5.56 Å². The quantitative estimate of drug-likeness (QED) is 0.752. The first-order chi connectivity index (χ1) is 10.6. The van der Waals surface area contributed by atoms with Gasteiger partial charge in [-0.25, -0.2) is 14.3 Å². The van der Waals surface area contributed by atoms with Crippen LogP contribution in [0, 0.1) is 6.92 Å². The van der Waals surface area contributed by atoms with Gasteiger partial charge in [0.2, 0.25) is 0 Å². The van der Waals surface area contributed by atoms with E-state index in [1.54, 1.807) is 13.8 Å². The maximum absolute atomic E-state index is 12.7. The van der Waals surface area contributed by atoms with E-state index in [1.165, 1.54) is 10.7 Å². The van der Waals surface area contributed by atoms with E-state index in [0.29, 0.717) is 11.3 Å². The molecule has 0 saturated heterocycles. The number of benzene rings is 1. The molecule has 2 aromatic heterocycles. The number of H-pyrrole nitrogens is 1. The van der Waals surface area contributed by atoms with E-state index >= 15 is 0 Å². The zero-order valence-electron chi connectivity index (χ0n) is 12.3. The van der Waals surface area contributed by atoms with Crippen molar-refractivity contribution in [2.45, 2.75) is 13.8 Å². The zero-order valence-corrected chi connectivity index (χ0v) is 12.3. The summed E-state index contributed by atoms with van der Waals surface area (Å²) in [5.41, 5.74) is 2.16. The minimum absolute atomic E-state index is 0.246. The second-order valence-corrected chi connectivity index (χ2v) is 4.81. The van der Waals surface area contributed by atoms with Crippen molar-refractivity contribution < 1.29 is 9.53 Å². The number of carbonyl (C=O) groups is 1. The van der Waals surface area contributed by atoms with Crippen LogP contribution < -0.4 is 5.56 Å². The van der Waals surface area contributed by atoms with Gasteiger partial charge in [-0.1, -0.05) is 30.3 Å². The van der Waals surface area contributed by atoms with Crippen LogP contribution >= 0.6 is 0 Å². The molecule has 0 radical (unpaired) electrons.